The molecule has 1 atom stereocenters. The summed E-state index contributed by atoms with van der Waals surface area (Å²) in [6, 6.07) is 8.26. The molecule has 4 N–H and O–H groups in total. The smallest absolute Gasteiger partial charge is 0.193 e. The van der Waals surface area contributed by atoms with Crippen molar-refractivity contribution in [2.75, 3.05) is 11.9 Å². The van der Waals surface area contributed by atoms with E-state index in [1.165, 1.54) is 5.56 Å². The van der Waals surface area contributed by atoms with Crippen LogP contribution in [0.3, 0.4) is 0 Å². The number of aliphatic hydroxyl groups is 1. The molecule has 0 aliphatic heterocycles. The molecule has 1 aromatic carbocycles. The van der Waals surface area contributed by atoms with Gasteiger partial charge in [0.25, 0.3) is 0 Å². The minimum Gasteiger partial charge on any atom is -0.388 e. The summed E-state index contributed by atoms with van der Waals surface area (Å²) >= 11 is 0. The predicted molar refractivity (Wildman–Crippen MR) is 99.5 cm³/mol. The maximum atomic E-state index is 9.96. The fourth-order valence-electron chi connectivity index (χ4n) is 2.29. The van der Waals surface area contributed by atoms with Crippen LogP contribution in [0.4, 0.5) is 5.69 Å². The lowest BCUT2D eigenvalue weighted by molar-refractivity contribution is -0.0235. The highest BCUT2D eigenvalue weighted by atomic mass is 127. The van der Waals surface area contributed by atoms with Crippen molar-refractivity contribution in [2.45, 2.75) is 51.0 Å². The van der Waals surface area contributed by atoms with Gasteiger partial charge in [0.05, 0.1) is 12.1 Å². The molecule has 1 unspecified atom stereocenters. The highest BCUT2D eigenvalue weighted by Crippen LogP contribution is 2.31. The van der Waals surface area contributed by atoms with E-state index in [1.54, 1.807) is 0 Å². The topological polar surface area (TPSA) is 70.6 Å². The van der Waals surface area contributed by atoms with Crippen LogP contribution in [0.15, 0.2) is 29.3 Å². The Morgan fingerprint density at radius 1 is 1.38 bits per heavy atom. The summed E-state index contributed by atoms with van der Waals surface area (Å²) in [5.41, 5.74) is 7.49. The summed E-state index contributed by atoms with van der Waals surface area (Å²) in [6.07, 6.45) is 3.87. The van der Waals surface area contributed by atoms with E-state index in [0.29, 0.717) is 18.4 Å². The molecule has 0 saturated heterocycles. The zero-order valence-electron chi connectivity index (χ0n) is 12.8. The van der Waals surface area contributed by atoms with Crippen molar-refractivity contribution in [3.63, 3.8) is 0 Å². The lowest BCUT2D eigenvalue weighted by Gasteiger charge is -2.34. The number of benzene rings is 1. The molecule has 0 spiro atoms. The van der Waals surface area contributed by atoms with Crippen molar-refractivity contribution in [1.82, 2.24) is 0 Å². The Bertz CT molecular complexity index is 469. The number of anilines is 1. The van der Waals surface area contributed by atoms with Crippen molar-refractivity contribution in [3.05, 3.63) is 29.8 Å². The summed E-state index contributed by atoms with van der Waals surface area (Å²) in [5, 5.41) is 13.0. The molecule has 0 heterocycles. The number of aliphatic imine (C=N–C) groups is 1. The number of nitrogens with zero attached hydrogens (tertiary/aromatic N) is 1. The number of nitrogens with two attached hydrogens (primary N) is 1. The Hall–Kier alpha value is -0.820. The second-order valence-electron chi connectivity index (χ2n) is 5.84. The second-order valence-corrected chi connectivity index (χ2v) is 5.84. The molecule has 1 saturated carbocycles. The molecule has 118 valence electrons. The molecule has 0 amide bonds. The Balaban J connectivity index is 0.00000220. The number of nitrogens with one attached hydrogen (secondary N) is 1. The molecule has 1 fully saturated rings. The molecular weight excluding hydrogens is 377 g/mol. The van der Waals surface area contributed by atoms with E-state index < -0.39 is 5.60 Å². The van der Waals surface area contributed by atoms with Gasteiger partial charge in [0.1, 0.15) is 0 Å². The Labute approximate surface area is 144 Å². The van der Waals surface area contributed by atoms with Crippen molar-refractivity contribution in [3.8, 4) is 0 Å². The summed E-state index contributed by atoms with van der Waals surface area (Å²) < 4.78 is 0. The summed E-state index contributed by atoms with van der Waals surface area (Å²) in [5.74, 6) is 0.935. The van der Waals surface area contributed by atoms with Gasteiger partial charge in [0.15, 0.2) is 5.96 Å². The normalized spacial score (nSPS) is 18.3. The first-order valence-electron chi connectivity index (χ1n) is 7.42. The van der Waals surface area contributed by atoms with Crippen LogP contribution >= 0.6 is 24.0 Å². The third-order valence-electron chi connectivity index (χ3n) is 4.19. The van der Waals surface area contributed by atoms with Crippen LogP contribution in [0.25, 0.3) is 0 Å². The van der Waals surface area contributed by atoms with Gasteiger partial charge in [0.2, 0.25) is 0 Å². The van der Waals surface area contributed by atoms with Gasteiger partial charge >= 0.3 is 0 Å². The fraction of sp³-hybridized carbons (Fsp3) is 0.562. The van der Waals surface area contributed by atoms with Gasteiger partial charge in [-0.1, -0.05) is 26.0 Å². The Kier molecular flexibility index (Phi) is 6.93. The van der Waals surface area contributed by atoms with Gasteiger partial charge in [-0.25, -0.2) is 0 Å². The molecule has 1 aliphatic carbocycles. The average Bonchev–Trinajstić information content (AvgIpc) is 2.43. The monoisotopic (exact) mass is 403 g/mol. The highest BCUT2D eigenvalue weighted by Gasteiger charge is 2.33. The maximum Gasteiger partial charge on any atom is 0.193 e. The first-order chi connectivity index (χ1) is 9.52. The molecule has 2 rings (SSSR count). The summed E-state index contributed by atoms with van der Waals surface area (Å²) in [7, 11) is 0. The molecule has 4 nitrogen and oxygen atoms in total. The number of halogens is 1. The first kappa shape index (κ1) is 18.2. The van der Waals surface area contributed by atoms with Gasteiger partial charge in [-0.05, 0) is 49.3 Å². The third-order valence-corrected chi connectivity index (χ3v) is 4.19. The SMILES string of the molecule is CCC(C)c1ccc(NC(N)=NCC2(O)CCC2)cc1.I. The average molecular weight is 403 g/mol. The fourth-order valence-corrected chi connectivity index (χ4v) is 2.29. The van der Waals surface area contributed by atoms with Gasteiger partial charge in [-0.3, -0.25) is 4.99 Å². The van der Waals surface area contributed by atoms with Crippen LogP contribution in [0.2, 0.25) is 0 Å². The molecular formula is C16H26IN3O. The third kappa shape index (κ3) is 5.14. The van der Waals surface area contributed by atoms with E-state index in [1.807, 2.05) is 12.1 Å². The van der Waals surface area contributed by atoms with Gasteiger partial charge < -0.3 is 16.2 Å². The Morgan fingerprint density at radius 3 is 2.48 bits per heavy atom. The largest absolute Gasteiger partial charge is 0.388 e. The van der Waals surface area contributed by atoms with Crippen LogP contribution in [0, 0.1) is 0 Å². The van der Waals surface area contributed by atoms with Crippen LogP contribution in [0.5, 0.6) is 0 Å². The zero-order chi connectivity index (χ0) is 14.6. The number of guanidine groups is 1. The standard InChI is InChI=1S/C16H25N3O.HI/c1-3-12(2)13-5-7-14(8-6-13)19-15(17)18-11-16(20)9-4-10-16;/h5-8,12,20H,3-4,9-11H2,1-2H3,(H3,17,18,19);1H. The van der Waals surface area contributed by atoms with Gasteiger partial charge in [-0.15, -0.1) is 24.0 Å². The van der Waals surface area contributed by atoms with Crippen molar-refractivity contribution in [2.24, 2.45) is 10.7 Å². The van der Waals surface area contributed by atoms with Crippen LogP contribution in [-0.2, 0) is 0 Å². The van der Waals surface area contributed by atoms with Crippen molar-refractivity contribution < 1.29 is 5.11 Å². The van der Waals surface area contributed by atoms with E-state index in [0.717, 1.165) is 31.4 Å². The minimum atomic E-state index is -0.618. The molecule has 0 aromatic heterocycles. The summed E-state index contributed by atoms with van der Waals surface area (Å²) in [6.45, 7) is 4.79. The van der Waals surface area contributed by atoms with E-state index in [2.05, 4.69) is 36.3 Å². The minimum absolute atomic E-state index is 0. The van der Waals surface area contributed by atoms with Gasteiger partial charge in [-0.2, -0.15) is 0 Å². The quantitative estimate of drug-likeness (QED) is 0.401. The molecule has 1 aromatic rings. The van der Waals surface area contributed by atoms with E-state index in [9.17, 15) is 5.11 Å². The number of hydrogen-bond donors (Lipinski definition) is 3. The van der Waals surface area contributed by atoms with Crippen molar-refractivity contribution >= 4 is 35.6 Å². The van der Waals surface area contributed by atoms with E-state index in [-0.39, 0.29) is 24.0 Å². The predicted octanol–water partition coefficient (Wildman–Crippen LogP) is 3.46. The van der Waals surface area contributed by atoms with Gasteiger partial charge in [0, 0.05) is 5.69 Å². The molecule has 5 heteroatoms. The van der Waals surface area contributed by atoms with E-state index in [4.69, 9.17) is 5.73 Å². The first-order valence-corrected chi connectivity index (χ1v) is 7.42. The molecule has 0 radical (unpaired) electrons. The lowest BCUT2D eigenvalue weighted by Crippen LogP contribution is -2.41. The summed E-state index contributed by atoms with van der Waals surface area (Å²) in [4.78, 5) is 4.22. The van der Waals surface area contributed by atoms with E-state index >= 15 is 0 Å². The molecule has 1 aliphatic rings. The maximum absolute atomic E-state index is 9.96. The lowest BCUT2D eigenvalue weighted by atomic mass is 9.80. The highest BCUT2D eigenvalue weighted by molar-refractivity contribution is 14.0. The number of rotatable bonds is 5. The Morgan fingerprint density at radius 2 is 2.00 bits per heavy atom. The number of hydrogen-bond acceptors (Lipinski definition) is 2. The van der Waals surface area contributed by atoms with Crippen LogP contribution < -0.4 is 11.1 Å². The van der Waals surface area contributed by atoms with Crippen molar-refractivity contribution in [1.29, 1.82) is 0 Å². The zero-order valence-corrected chi connectivity index (χ0v) is 15.1. The second kappa shape index (κ2) is 7.98. The van der Waals surface area contributed by atoms with Crippen LogP contribution in [-0.4, -0.2) is 23.2 Å². The molecule has 21 heavy (non-hydrogen) atoms. The molecule has 0 bridgehead atoms. The van der Waals surface area contributed by atoms with Crippen LogP contribution in [0.1, 0.15) is 51.0 Å².